The van der Waals surface area contributed by atoms with Crippen LogP contribution >= 0.6 is 15.9 Å². The summed E-state index contributed by atoms with van der Waals surface area (Å²) in [5.41, 5.74) is -0.0397. The average molecular weight is 340 g/mol. The summed E-state index contributed by atoms with van der Waals surface area (Å²) in [6.07, 6.45) is 0. The third kappa shape index (κ3) is 3.06. The van der Waals surface area contributed by atoms with E-state index < -0.39 is 22.7 Å². The number of nitrogens with zero attached hydrogens (tertiary/aromatic N) is 1. The number of carbonyl (C=O) groups is 1. The third-order valence-electron chi connectivity index (χ3n) is 2.28. The van der Waals surface area contributed by atoms with Crippen molar-refractivity contribution in [3.8, 4) is 0 Å². The Labute approximate surface area is 112 Å². The largest absolute Gasteiger partial charge is 0.478 e. The number of hydrogen-bond acceptors (Lipinski definition) is 3. The van der Waals surface area contributed by atoms with Gasteiger partial charge in [-0.2, -0.15) is 4.31 Å². The molecule has 1 rings (SSSR count). The molecule has 8 heteroatoms. The number of benzene rings is 1. The minimum Gasteiger partial charge on any atom is -0.478 e. The molecule has 0 atom stereocenters. The van der Waals surface area contributed by atoms with Crippen molar-refractivity contribution in [1.29, 1.82) is 0 Å². The van der Waals surface area contributed by atoms with E-state index in [1.807, 2.05) is 0 Å². The highest BCUT2D eigenvalue weighted by atomic mass is 79.9. The standard InChI is InChI=1S/C10H11BrFNO4S/c1-13(5-4-12)18(16,17)7-2-3-8(10(14)15)9(11)6-7/h2-3,6H,4-5H2,1H3,(H,14,15). The van der Waals surface area contributed by atoms with E-state index in [1.54, 1.807) is 0 Å². The fourth-order valence-electron chi connectivity index (χ4n) is 1.25. The lowest BCUT2D eigenvalue weighted by atomic mass is 10.2. The molecule has 0 amide bonds. The fraction of sp³-hybridized carbons (Fsp3) is 0.300. The number of sulfonamides is 1. The Morgan fingerprint density at radius 1 is 1.50 bits per heavy atom. The van der Waals surface area contributed by atoms with Gasteiger partial charge in [0.1, 0.15) is 6.67 Å². The van der Waals surface area contributed by atoms with Crippen molar-refractivity contribution >= 4 is 31.9 Å². The lowest BCUT2D eigenvalue weighted by Crippen LogP contribution is -2.29. The van der Waals surface area contributed by atoms with Crippen LogP contribution in [0.5, 0.6) is 0 Å². The van der Waals surface area contributed by atoms with Crippen molar-refractivity contribution in [2.24, 2.45) is 0 Å². The summed E-state index contributed by atoms with van der Waals surface area (Å²) in [4.78, 5) is 10.7. The molecular formula is C10H11BrFNO4S. The predicted molar refractivity (Wildman–Crippen MR) is 66.9 cm³/mol. The van der Waals surface area contributed by atoms with Crippen molar-refractivity contribution in [3.63, 3.8) is 0 Å². The summed E-state index contributed by atoms with van der Waals surface area (Å²) in [7, 11) is -2.54. The zero-order valence-electron chi connectivity index (χ0n) is 9.43. The summed E-state index contributed by atoms with van der Waals surface area (Å²) >= 11 is 2.99. The molecule has 0 radical (unpaired) electrons. The Balaban J connectivity index is 3.19. The number of halogens is 2. The van der Waals surface area contributed by atoms with Gasteiger partial charge in [-0.3, -0.25) is 0 Å². The van der Waals surface area contributed by atoms with Gasteiger partial charge in [-0.15, -0.1) is 0 Å². The number of carboxylic acid groups (broad SMARTS) is 1. The first-order chi connectivity index (χ1) is 8.30. The van der Waals surface area contributed by atoms with E-state index in [1.165, 1.54) is 25.2 Å². The topological polar surface area (TPSA) is 74.7 Å². The molecule has 5 nitrogen and oxygen atoms in total. The molecule has 0 bridgehead atoms. The van der Waals surface area contributed by atoms with Gasteiger partial charge in [-0.25, -0.2) is 17.6 Å². The second-order valence-corrected chi connectivity index (χ2v) is 6.36. The van der Waals surface area contributed by atoms with E-state index in [0.29, 0.717) is 0 Å². The summed E-state index contributed by atoms with van der Waals surface area (Å²) in [6.45, 7) is -1.04. The maximum absolute atomic E-state index is 12.1. The van der Waals surface area contributed by atoms with Crippen molar-refractivity contribution in [1.82, 2.24) is 4.31 Å². The van der Waals surface area contributed by atoms with Crippen LogP contribution in [0.15, 0.2) is 27.6 Å². The van der Waals surface area contributed by atoms with Gasteiger partial charge >= 0.3 is 5.97 Å². The molecule has 0 aliphatic heterocycles. The van der Waals surface area contributed by atoms with Crippen LogP contribution in [0.25, 0.3) is 0 Å². The molecule has 0 unspecified atom stereocenters. The maximum atomic E-state index is 12.1. The van der Waals surface area contributed by atoms with Gasteiger partial charge in [0.15, 0.2) is 0 Å². The number of rotatable bonds is 5. The summed E-state index contributed by atoms with van der Waals surface area (Å²) < 4.78 is 37.1. The molecule has 100 valence electrons. The zero-order chi connectivity index (χ0) is 13.9. The quantitative estimate of drug-likeness (QED) is 0.886. The van der Waals surface area contributed by atoms with Crippen molar-refractivity contribution in [3.05, 3.63) is 28.2 Å². The van der Waals surface area contributed by atoms with Crippen LogP contribution < -0.4 is 0 Å². The molecule has 0 heterocycles. The highest BCUT2D eigenvalue weighted by molar-refractivity contribution is 9.10. The van der Waals surface area contributed by atoms with Gasteiger partial charge in [0.05, 0.1) is 10.5 Å². The first-order valence-electron chi connectivity index (χ1n) is 4.86. The molecule has 18 heavy (non-hydrogen) atoms. The van der Waals surface area contributed by atoms with Gasteiger partial charge in [-0.1, -0.05) is 0 Å². The van der Waals surface area contributed by atoms with Crippen molar-refractivity contribution in [2.45, 2.75) is 4.90 Å². The Bertz CT molecular complexity index is 561. The highest BCUT2D eigenvalue weighted by Gasteiger charge is 2.22. The lowest BCUT2D eigenvalue weighted by molar-refractivity contribution is 0.0695. The lowest BCUT2D eigenvalue weighted by Gasteiger charge is -2.15. The molecule has 0 aromatic heterocycles. The van der Waals surface area contributed by atoms with Crippen LogP contribution in [-0.2, 0) is 10.0 Å². The van der Waals surface area contributed by atoms with Crippen LogP contribution in [0.2, 0.25) is 0 Å². The fourth-order valence-corrected chi connectivity index (χ4v) is 3.12. The van der Waals surface area contributed by atoms with Crippen molar-refractivity contribution < 1.29 is 22.7 Å². The normalized spacial score (nSPS) is 11.8. The van der Waals surface area contributed by atoms with E-state index in [0.717, 1.165) is 4.31 Å². The van der Waals surface area contributed by atoms with Crippen LogP contribution in [0, 0.1) is 0 Å². The smallest absolute Gasteiger partial charge is 0.336 e. The number of carboxylic acids is 1. The molecule has 0 aliphatic rings. The Morgan fingerprint density at radius 2 is 2.11 bits per heavy atom. The van der Waals surface area contributed by atoms with Gasteiger partial charge in [0, 0.05) is 18.1 Å². The highest BCUT2D eigenvalue weighted by Crippen LogP contribution is 2.23. The third-order valence-corrected chi connectivity index (χ3v) is 4.79. The van der Waals surface area contributed by atoms with E-state index >= 15 is 0 Å². The molecule has 0 aliphatic carbocycles. The SMILES string of the molecule is CN(CCF)S(=O)(=O)c1ccc(C(=O)O)c(Br)c1. The number of hydrogen-bond donors (Lipinski definition) is 1. The minimum atomic E-state index is -3.80. The Morgan fingerprint density at radius 3 is 2.56 bits per heavy atom. The van der Waals surface area contributed by atoms with Gasteiger partial charge in [-0.05, 0) is 34.1 Å². The average Bonchev–Trinajstić information content (AvgIpc) is 2.28. The molecule has 1 aromatic rings. The Hall–Kier alpha value is -0.990. The van der Waals surface area contributed by atoms with Gasteiger partial charge < -0.3 is 5.11 Å². The van der Waals surface area contributed by atoms with Crippen LogP contribution in [-0.4, -0.2) is 44.1 Å². The van der Waals surface area contributed by atoms with Gasteiger partial charge in [0.25, 0.3) is 0 Å². The van der Waals surface area contributed by atoms with Crippen molar-refractivity contribution in [2.75, 3.05) is 20.3 Å². The van der Waals surface area contributed by atoms with E-state index in [9.17, 15) is 17.6 Å². The molecule has 1 aromatic carbocycles. The maximum Gasteiger partial charge on any atom is 0.336 e. The summed E-state index contributed by atoms with van der Waals surface area (Å²) in [6, 6.07) is 3.55. The zero-order valence-corrected chi connectivity index (χ0v) is 11.8. The first-order valence-corrected chi connectivity index (χ1v) is 7.09. The molecule has 1 N–H and O–H groups in total. The van der Waals surface area contributed by atoms with E-state index in [2.05, 4.69) is 15.9 Å². The van der Waals surface area contributed by atoms with E-state index in [4.69, 9.17) is 5.11 Å². The van der Waals surface area contributed by atoms with Crippen LogP contribution in [0.4, 0.5) is 4.39 Å². The number of alkyl halides is 1. The summed E-state index contributed by atoms with van der Waals surface area (Å²) in [5.74, 6) is -1.16. The minimum absolute atomic E-state index is 0.0397. The van der Waals surface area contributed by atoms with Crippen LogP contribution in [0.3, 0.4) is 0 Å². The Kier molecular flexibility index (Phi) is 4.83. The monoisotopic (exact) mass is 339 g/mol. The first kappa shape index (κ1) is 15.1. The molecule has 0 spiro atoms. The molecule has 0 fully saturated rings. The second kappa shape index (κ2) is 5.77. The summed E-state index contributed by atoms with van der Waals surface area (Å²) in [5, 5.41) is 8.81. The predicted octanol–water partition coefficient (Wildman–Crippen LogP) is 1.74. The van der Waals surface area contributed by atoms with E-state index in [-0.39, 0.29) is 21.5 Å². The molecular weight excluding hydrogens is 329 g/mol. The second-order valence-electron chi connectivity index (χ2n) is 3.46. The molecule has 0 saturated heterocycles. The molecule has 0 saturated carbocycles. The van der Waals surface area contributed by atoms with Crippen LogP contribution in [0.1, 0.15) is 10.4 Å². The number of aromatic carboxylic acids is 1. The van der Waals surface area contributed by atoms with Gasteiger partial charge in [0.2, 0.25) is 10.0 Å².